The molecule has 0 spiro atoms. The third-order valence-corrected chi connectivity index (χ3v) is 3.99. The molecule has 0 aliphatic rings. The van der Waals surface area contributed by atoms with Gasteiger partial charge in [-0.15, -0.1) is 0 Å². The first kappa shape index (κ1) is 18.3. The van der Waals surface area contributed by atoms with Crippen molar-refractivity contribution in [3.63, 3.8) is 0 Å². The molecular formula is C15H32O2S. The van der Waals surface area contributed by atoms with E-state index in [0.29, 0.717) is 6.61 Å². The Morgan fingerprint density at radius 2 is 1.44 bits per heavy atom. The number of hydrogen-bond donors (Lipinski definition) is 1. The molecule has 0 heterocycles. The van der Waals surface area contributed by atoms with Crippen molar-refractivity contribution >= 4 is 12.6 Å². The molecule has 0 rings (SSSR count). The second kappa shape index (κ2) is 12.3. The average Bonchev–Trinajstić information content (AvgIpc) is 2.38. The van der Waals surface area contributed by atoms with Crippen molar-refractivity contribution in [2.75, 3.05) is 32.2 Å². The maximum atomic E-state index is 5.80. The van der Waals surface area contributed by atoms with Crippen LogP contribution in [0.1, 0.15) is 59.3 Å². The molecule has 0 amide bonds. The normalized spacial score (nSPS) is 12.0. The van der Waals surface area contributed by atoms with Gasteiger partial charge in [0, 0.05) is 12.0 Å². The molecule has 0 atom stereocenters. The van der Waals surface area contributed by atoms with Crippen LogP contribution < -0.4 is 0 Å². The molecule has 110 valence electrons. The van der Waals surface area contributed by atoms with Crippen LogP contribution in [-0.2, 0) is 9.47 Å². The summed E-state index contributed by atoms with van der Waals surface area (Å²) in [7, 11) is 0. The van der Waals surface area contributed by atoms with Crippen LogP contribution in [0, 0.1) is 5.41 Å². The van der Waals surface area contributed by atoms with Gasteiger partial charge in [-0.25, -0.2) is 0 Å². The van der Waals surface area contributed by atoms with Crippen LogP contribution in [0.3, 0.4) is 0 Å². The van der Waals surface area contributed by atoms with E-state index in [9.17, 15) is 0 Å². The smallest absolute Gasteiger partial charge is 0.0700 e. The summed E-state index contributed by atoms with van der Waals surface area (Å²) < 4.78 is 11.3. The zero-order valence-electron chi connectivity index (χ0n) is 12.5. The van der Waals surface area contributed by atoms with Gasteiger partial charge >= 0.3 is 0 Å². The number of rotatable bonds is 13. The lowest BCUT2D eigenvalue weighted by molar-refractivity contribution is 0.00513. The highest BCUT2D eigenvalue weighted by Gasteiger charge is 2.26. The molecular weight excluding hydrogens is 244 g/mol. The first-order valence-electron chi connectivity index (χ1n) is 7.51. The minimum atomic E-state index is 0.274. The first-order chi connectivity index (χ1) is 8.74. The summed E-state index contributed by atoms with van der Waals surface area (Å²) in [5.74, 6) is 0.922. The lowest BCUT2D eigenvalue weighted by Gasteiger charge is -2.31. The van der Waals surface area contributed by atoms with E-state index >= 15 is 0 Å². The minimum Gasteiger partial charge on any atom is -0.379 e. The van der Waals surface area contributed by atoms with Crippen LogP contribution in [0.15, 0.2) is 0 Å². The summed E-state index contributed by atoms with van der Waals surface area (Å²) in [6.07, 6.45) is 7.17. The molecule has 0 aromatic rings. The van der Waals surface area contributed by atoms with Crippen LogP contribution in [0.5, 0.6) is 0 Å². The van der Waals surface area contributed by atoms with Crippen molar-refractivity contribution in [3.05, 3.63) is 0 Å². The van der Waals surface area contributed by atoms with E-state index in [0.717, 1.165) is 32.0 Å². The van der Waals surface area contributed by atoms with E-state index in [1.807, 2.05) is 0 Å². The SMILES string of the molecule is CCCCOCCOCC(CS)(CCC)CCC. The van der Waals surface area contributed by atoms with E-state index in [2.05, 4.69) is 33.4 Å². The number of unbranched alkanes of at least 4 members (excludes halogenated alkanes) is 1. The lowest BCUT2D eigenvalue weighted by atomic mass is 9.82. The van der Waals surface area contributed by atoms with Crippen LogP contribution in [0.25, 0.3) is 0 Å². The molecule has 0 aliphatic carbocycles. The van der Waals surface area contributed by atoms with Crippen molar-refractivity contribution in [2.24, 2.45) is 5.41 Å². The van der Waals surface area contributed by atoms with Gasteiger partial charge in [0.25, 0.3) is 0 Å². The van der Waals surface area contributed by atoms with Gasteiger partial charge in [-0.1, -0.05) is 40.0 Å². The largest absolute Gasteiger partial charge is 0.379 e. The lowest BCUT2D eigenvalue weighted by Crippen LogP contribution is -2.29. The highest BCUT2D eigenvalue weighted by atomic mass is 32.1. The standard InChI is InChI=1S/C15H32O2S/c1-4-7-10-16-11-12-17-13-15(14-18,8-5-2)9-6-3/h18H,4-14H2,1-3H3. The maximum Gasteiger partial charge on any atom is 0.0700 e. The molecule has 0 bridgehead atoms. The monoisotopic (exact) mass is 276 g/mol. The zero-order chi connectivity index (χ0) is 13.7. The highest BCUT2D eigenvalue weighted by molar-refractivity contribution is 7.80. The summed E-state index contributed by atoms with van der Waals surface area (Å²) in [5, 5.41) is 0. The fourth-order valence-corrected chi connectivity index (χ4v) is 2.70. The topological polar surface area (TPSA) is 18.5 Å². The third-order valence-electron chi connectivity index (χ3n) is 3.32. The quantitative estimate of drug-likeness (QED) is 0.398. The Hall–Kier alpha value is 0.270. The third kappa shape index (κ3) is 8.39. The zero-order valence-corrected chi connectivity index (χ0v) is 13.4. The second-order valence-electron chi connectivity index (χ2n) is 5.18. The van der Waals surface area contributed by atoms with Crippen molar-refractivity contribution in [3.8, 4) is 0 Å². The predicted octanol–water partition coefficient (Wildman–Crippen LogP) is 4.34. The van der Waals surface area contributed by atoms with Gasteiger partial charge in [0.1, 0.15) is 0 Å². The predicted molar refractivity (Wildman–Crippen MR) is 82.6 cm³/mol. The van der Waals surface area contributed by atoms with E-state index in [1.54, 1.807) is 0 Å². The van der Waals surface area contributed by atoms with Gasteiger partial charge in [-0.05, 0) is 25.0 Å². The van der Waals surface area contributed by atoms with E-state index < -0.39 is 0 Å². The summed E-state index contributed by atoms with van der Waals surface area (Å²) in [5.41, 5.74) is 0.274. The molecule has 0 saturated heterocycles. The van der Waals surface area contributed by atoms with Gasteiger partial charge in [-0.2, -0.15) is 12.6 Å². The molecule has 0 fully saturated rings. The molecule has 3 heteroatoms. The minimum absolute atomic E-state index is 0.274. The molecule has 0 aromatic heterocycles. The number of ether oxygens (including phenoxy) is 2. The first-order valence-corrected chi connectivity index (χ1v) is 8.14. The highest BCUT2D eigenvalue weighted by Crippen LogP contribution is 2.31. The Morgan fingerprint density at radius 3 is 1.94 bits per heavy atom. The van der Waals surface area contributed by atoms with Crippen molar-refractivity contribution in [1.29, 1.82) is 0 Å². The molecule has 0 unspecified atom stereocenters. The van der Waals surface area contributed by atoms with E-state index in [1.165, 1.54) is 32.1 Å². The molecule has 0 radical (unpaired) electrons. The van der Waals surface area contributed by atoms with Crippen molar-refractivity contribution < 1.29 is 9.47 Å². The maximum absolute atomic E-state index is 5.80. The van der Waals surface area contributed by atoms with Gasteiger partial charge < -0.3 is 9.47 Å². The Labute approximate surface area is 119 Å². The summed E-state index contributed by atoms with van der Waals surface area (Å²) in [6.45, 7) is 9.78. The average molecular weight is 276 g/mol. The fourth-order valence-electron chi connectivity index (χ4n) is 2.29. The Morgan fingerprint density at radius 1 is 0.833 bits per heavy atom. The summed E-state index contributed by atoms with van der Waals surface area (Å²) >= 11 is 4.53. The van der Waals surface area contributed by atoms with Gasteiger partial charge in [0.05, 0.1) is 19.8 Å². The van der Waals surface area contributed by atoms with Gasteiger partial charge in [-0.3, -0.25) is 0 Å². The molecule has 2 nitrogen and oxygen atoms in total. The summed E-state index contributed by atoms with van der Waals surface area (Å²) in [4.78, 5) is 0. The second-order valence-corrected chi connectivity index (χ2v) is 5.49. The fraction of sp³-hybridized carbons (Fsp3) is 1.00. The molecule has 18 heavy (non-hydrogen) atoms. The van der Waals surface area contributed by atoms with E-state index in [-0.39, 0.29) is 5.41 Å². The Bertz CT molecular complexity index is 168. The Balaban J connectivity index is 3.75. The van der Waals surface area contributed by atoms with Crippen molar-refractivity contribution in [1.82, 2.24) is 0 Å². The summed E-state index contributed by atoms with van der Waals surface area (Å²) in [6, 6.07) is 0. The van der Waals surface area contributed by atoms with Crippen LogP contribution in [0.4, 0.5) is 0 Å². The number of thiol groups is 1. The Kier molecular flexibility index (Phi) is 12.5. The van der Waals surface area contributed by atoms with E-state index in [4.69, 9.17) is 9.47 Å². The van der Waals surface area contributed by atoms with Gasteiger partial charge in [0.15, 0.2) is 0 Å². The van der Waals surface area contributed by atoms with Crippen LogP contribution >= 0.6 is 12.6 Å². The molecule has 0 aromatic carbocycles. The van der Waals surface area contributed by atoms with Crippen LogP contribution in [0.2, 0.25) is 0 Å². The van der Waals surface area contributed by atoms with Crippen LogP contribution in [-0.4, -0.2) is 32.2 Å². The van der Waals surface area contributed by atoms with Crippen molar-refractivity contribution in [2.45, 2.75) is 59.3 Å². The molecule has 0 N–H and O–H groups in total. The van der Waals surface area contributed by atoms with Gasteiger partial charge in [0.2, 0.25) is 0 Å². The molecule has 0 aliphatic heterocycles. The molecule has 0 saturated carbocycles. The number of hydrogen-bond acceptors (Lipinski definition) is 3.